The van der Waals surface area contributed by atoms with Gasteiger partial charge in [0.05, 0.1) is 5.69 Å². The zero-order chi connectivity index (χ0) is 16.1. The molecule has 0 fully saturated rings. The molecule has 114 valence electrons. The zero-order valence-electron chi connectivity index (χ0n) is 13.3. The van der Waals surface area contributed by atoms with E-state index in [4.69, 9.17) is 0 Å². The molecule has 0 amide bonds. The maximum absolute atomic E-state index is 4.67. The lowest BCUT2D eigenvalue weighted by molar-refractivity contribution is 1.37. The molecule has 0 aliphatic heterocycles. The van der Waals surface area contributed by atoms with Gasteiger partial charge in [-0.15, -0.1) is 11.3 Å². The van der Waals surface area contributed by atoms with Gasteiger partial charge in [0.15, 0.2) is 0 Å². The van der Waals surface area contributed by atoms with E-state index in [0.717, 1.165) is 5.69 Å². The summed E-state index contributed by atoms with van der Waals surface area (Å²) in [6, 6.07) is 24.0. The van der Waals surface area contributed by atoms with Gasteiger partial charge in [0, 0.05) is 26.7 Å². The maximum atomic E-state index is 4.67. The zero-order valence-corrected chi connectivity index (χ0v) is 14.1. The number of pyridine rings is 1. The normalized spacial score (nSPS) is 11.5. The van der Waals surface area contributed by atoms with Crippen molar-refractivity contribution in [3.63, 3.8) is 0 Å². The van der Waals surface area contributed by atoms with Crippen molar-refractivity contribution in [1.29, 1.82) is 0 Å². The molecule has 0 saturated carbocycles. The minimum absolute atomic E-state index is 1.08. The highest BCUT2D eigenvalue weighted by atomic mass is 32.1. The lowest BCUT2D eigenvalue weighted by Crippen LogP contribution is -1.85. The molecule has 1 nitrogen and oxygen atoms in total. The third kappa shape index (κ3) is 2.04. The number of rotatable bonds is 1. The van der Waals surface area contributed by atoms with Gasteiger partial charge in [-0.1, -0.05) is 48.5 Å². The predicted octanol–water partition coefficient (Wildman–Crippen LogP) is 6.58. The van der Waals surface area contributed by atoms with Gasteiger partial charge in [-0.25, -0.2) is 0 Å². The first-order chi connectivity index (χ1) is 11.8. The highest BCUT2D eigenvalue weighted by Crippen LogP contribution is 2.34. The van der Waals surface area contributed by atoms with E-state index in [2.05, 4.69) is 78.6 Å². The van der Waals surface area contributed by atoms with Crippen LogP contribution in [-0.2, 0) is 0 Å². The van der Waals surface area contributed by atoms with Crippen LogP contribution in [0.2, 0.25) is 0 Å². The van der Waals surface area contributed by atoms with Crippen molar-refractivity contribution in [3.8, 4) is 11.3 Å². The van der Waals surface area contributed by atoms with E-state index in [1.54, 1.807) is 0 Å². The molecule has 2 heterocycles. The number of thiophene rings is 1. The van der Waals surface area contributed by atoms with Crippen LogP contribution in [-0.4, -0.2) is 4.98 Å². The van der Waals surface area contributed by atoms with Crippen molar-refractivity contribution >= 4 is 43.0 Å². The van der Waals surface area contributed by atoms with Crippen LogP contribution in [0.4, 0.5) is 0 Å². The average Bonchev–Trinajstić information content (AvgIpc) is 3.01. The minimum Gasteiger partial charge on any atom is -0.256 e. The number of benzene rings is 3. The molecule has 2 heteroatoms. The number of hydrogen-bond donors (Lipinski definition) is 0. The summed E-state index contributed by atoms with van der Waals surface area (Å²) < 4.78 is 1.30. The van der Waals surface area contributed by atoms with Crippen LogP contribution in [0.5, 0.6) is 0 Å². The quantitative estimate of drug-likeness (QED) is 0.317. The smallest absolute Gasteiger partial charge is 0.0789 e. The van der Waals surface area contributed by atoms with E-state index < -0.39 is 0 Å². The largest absolute Gasteiger partial charge is 0.256 e. The van der Waals surface area contributed by atoms with Crippen LogP contribution in [0, 0.1) is 6.92 Å². The first kappa shape index (κ1) is 13.7. The van der Waals surface area contributed by atoms with Crippen LogP contribution in [0.1, 0.15) is 4.88 Å². The molecule has 0 aliphatic rings. The van der Waals surface area contributed by atoms with E-state index in [1.807, 2.05) is 17.5 Å². The molecule has 24 heavy (non-hydrogen) atoms. The summed E-state index contributed by atoms with van der Waals surface area (Å²) in [4.78, 5) is 5.99. The van der Waals surface area contributed by atoms with Crippen LogP contribution in [0.3, 0.4) is 0 Å². The van der Waals surface area contributed by atoms with E-state index in [1.165, 1.54) is 42.1 Å². The molecule has 2 aromatic heterocycles. The van der Waals surface area contributed by atoms with E-state index in [9.17, 15) is 0 Å². The third-order valence-corrected chi connectivity index (χ3v) is 5.60. The molecular formula is C22H15NS. The van der Waals surface area contributed by atoms with Crippen LogP contribution in [0.15, 0.2) is 72.9 Å². The van der Waals surface area contributed by atoms with Gasteiger partial charge < -0.3 is 0 Å². The van der Waals surface area contributed by atoms with Crippen LogP contribution < -0.4 is 0 Å². The highest BCUT2D eigenvalue weighted by molar-refractivity contribution is 7.19. The van der Waals surface area contributed by atoms with Gasteiger partial charge in [-0.2, -0.15) is 0 Å². The van der Waals surface area contributed by atoms with Gasteiger partial charge in [0.25, 0.3) is 0 Å². The standard InChI is InChI=1S/C22H15NS/c1-14-12-20-21(24-14)10-11-23-22(20)17-8-9-19-16(13-17)7-6-15-4-2-3-5-18(15)19/h2-13H,1H3. The molecule has 0 atom stereocenters. The Kier molecular flexibility index (Phi) is 2.94. The van der Waals surface area contributed by atoms with Gasteiger partial charge in [0.1, 0.15) is 0 Å². The number of hydrogen-bond acceptors (Lipinski definition) is 2. The summed E-state index contributed by atoms with van der Waals surface area (Å²) in [6.07, 6.45) is 1.91. The summed E-state index contributed by atoms with van der Waals surface area (Å²) in [5, 5.41) is 6.40. The van der Waals surface area contributed by atoms with Crippen molar-refractivity contribution < 1.29 is 0 Å². The predicted molar refractivity (Wildman–Crippen MR) is 105 cm³/mol. The summed E-state index contributed by atoms with van der Waals surface area (Å²) in [7, 11) is 0. The minimum atomic E-state index is 1.08. The van der Waals surface area contributed by atoms with Crippen molar-refractivity contribution in [2.75, 3.05) is 0 Å². The van der Waals surface area contributed by atoms with E-state index in [0.29, 0.717) is 0 Å². The first-order valence-corrected chi connectivity index (χ1v) is 8.88. The second-order valence-corrected chi connectivity index (χ2v) is 7.44. The Bertz CT molecular complexity index is 1220. The van der Waals surface area contributed by atoms with Crippen molar-refractivity contribution in [2.45, 2.75) is 6.92 Å². The summed E-state index contributed by atoms with van der Waals surface area (Å²) in [5.41, 5.74) is 2.26. The summed E-state index contributed by atoms with van der Waals surface area (Å²) >= 11 is 1.83. The number of nitrogens with zero attached hydrogens (tertiary/aromatic N) is 1. The molecule has 0 aliphatic carbocycles. The van der Waals surface area contributed by atoms with Gasteiger partial charge in [-0.3, -0.25) is 4.98 Å². The Morgan fingerprint density at radius 3 is 2.54 bits per heavy atom. The molecule has 5 rings (SSSR count). The average molecular weight is 325 g/mol. The molecule has 0 radical (unpaired) electrons. The molecule has 0 N–H and O–H groups in total. The monoisotopic (exact) mass is 325 g/mol. The molecule has 5 aromatic rings. The fraction of sp³-hybridized carbons (Fsp3) is 0.0455. The Morgan fingerprint density at radius 1 is 0.750 bits per heavy atom. The fourth-order valence-corrected chi connectivity index (χ4v) is 4.40. The van der Waals surface area contributed by atoms with Crippen molar-refractivity contribution in [3.05, 3.63) is 77.8 Å². The fourth-order valence-electron chi connectivity index (χ4n) is 3.48. The molecule has 3 aromatic carbocycles. The second kappa shape index (κ2) is 5.15. The summed E-state index contributed by atoms with van der Waals surface area (Å²) in [6.45, 7) is 2.15. The lowest BCUT2D eigenvalue weighted by Gasteiger charge is -2.07. The molecule has 0 saturated heterocycles. The van der Waals surface area contributed by atoms with Crippen molar-refractivity contribution in [1.82, 2.24) is 4.98 Å². The van der Waals surface area contributed by atoms with Crippen molar-refractivity contribution in [2.24, 2.45) is 0 Å². The van der Waals surface area contributed by atoms with Crippen LogP contribution >= 0.6 is 11.3 Å². The molecular weight excluding hydrogens is 310 g/mol. The van der Waals surface area contributed by atoms with E-state index >= 15 is 0 Å². The van der Waals surface area contributed by atoms with Gasteiger partial charge >= 0.3 is 0 Å². The number of aryl methyl sites for hydroxylation is 1. The second-order valence-electron chi connectivity index (χ2n) is 6.15. The van der Waals surface area contributed by atoms with Gasteiger partial charge in [-0.05, 0) is 46.7 Å². The molecule has 0 bridgehead atoms. The maximum Gasteiger partial charge on any atom is 0.0789 e. The van der Waals surface area contributed by atoms with Crippen LogP contribution in [0.25, 0.3) is 42.9 Å². The summed E-state index contributed by atoms with van der Waals surface area (Å²) in [5.74, 6) is 0. The topological polar surface area (TPSA) is 12.9 Å². The number of aromatic nitrogens is 1. The highest BCUT2D eigenvalue weighted by Gasteiger charge is 2.09. The van der Waals surface area contributed by atoms with E-state index in [-0.39, 0.29) is 0 Å². The third-order valence-electron chi connectivity index (χ3n) is 4.59. The van der Waals surface area contributed by atoms with Gasteiger partial charge in [0.2, 0.25) is 0 Å². The molecule has 0 spiro atoms. The molecule has 0 unspecified atom stereocenters. The Balaban J connectivity index is 1.79. The lowest BCUT2D eigenvalue weighted by atomic mass is 9.98. The Labute approximate surface area is 144 Å². The first-order valence-electron chi connectivity index (χ1n) is 8.07. The Morgan fingerprint density at radius 2 is 1.58 bits per heavy atom. The number of fused-ring (bicyclic) bond motifs is 4. The Hall–Kier alpha value is -2.71. The SMILES string of the molecule is Cc1cc2c(-c3ccc4c(ccc5ccccc54)c3)nccc2s1.